The second-order valence-corrected chi connectivity index (χ2v) is 8.34. The Hall–Kier alpha value is -2.91. The number of aromatic nitrogens is 2. The summed E-state index contributed by atoms with van der Waals surface area (Å²) in [6, 6.07) is 7.77. The highest BCUT2D eigenvalue weighted by Gasteiger charge is 2.18. The van der Waals surface area contributed by atoms with Gasteiger partial charge in [0.1, 0.15) is 11.6 Å². The second-order valence-electron chi connectivity index (χ2n) is 8.34. The maximum atomic E-state index is 12.2. The molecule has 0 radical (unpaired) electrons. The fourth-order valence-electron chi connectivity index (χ4n) is 3.90. The molecule has 2 aliphatic rings. The molecule has 9 heteroatoms. The number of amides is 2. The van der Waals surface area contributed by atoms with Crippen LogP contribution in [0.3, 0.4) is 0 Å². The number of rotatable bonds is 6. The summed E-state index contributed by atoms with van der Waals surface area (Å²) < 4.78 is 11.2. The summed E-state index contributed by atoms with van der Waals surface area (Å²) in [6.45, 7) is 9.79. The summed E-state index contributed by atoms with van der Waals surface area (Å²) in [6.07, 6.45) is 4.05. The summed E-state index contributed by atoms with van der Waals surface area (Å²) in [5, 5.41) is 5.75. The summed E-state index contributed by atoms with van der Waals surface area (Å²) in [5.41, 5.74) is 1.91. The van der Waals surface area contributed by atoms with E-state index in [0.717, 1.165) is 62.2 Å². The molecular formula is C23H32N6O3. The smallest absolute Gasteiger partial charge is 0.315 e. The highest BCUT2D eigenvalue weighted by atomic mass is 16.5. The number of carbonyl (C=O) groups is 1. The van der Waals surface area contributed by atoms with Crippen LogP contribution in [0.1, 0.15) is 25.0 Å². The van der Waals surface area contributed by atoms with Gasteiger partial charge in [-0.3, -0.25) is 0 Å². The number of hydrogen-bond donors (Lipinski definition) is 2. The van der Waals surface area contributed by atoms with Crippen molar-refractivity contribution in [3.05, 3.63) is 47.8 Å². The largest absolute Gasteiger partial charge is 0.375 e. The molecule has 2 unspecified atom stereocenters. The van der Waals surface area contributed by atoms with Crippen molar-refractivity contribution in [2.75, 3.05) is 49.2 Å². The third kappa shape index (κ3) is 6.08. The van der Waals surface area contributed by atoms with Gasteiger partial charge in [-0.15, -0.1) is 0 Å². The molecule has 9 nitrogen and oxygen atoms in total. The number of hydrogen-bond acceptors (Lipinski definition) is 7. The molecule has 2 saturated heterocycles. The Kier molecular flexibility index (Phi) is 7.39. The van der Waals surface area contributed by atoms with E-state index in [9.17, 15) is 4.79 Å². The van der Waals surface area contributed by atoms with E-state index in [1.54, 1.807) is 0 Å². The first-order valence-electron chi connectivity index (χ1n) is 11.2. The van der Waals surface area contributed by atoms with Crippen LogP contribution in [-0.4, -0.2) is 67.6 Å². The molecule has 2 aromatic rings. The zero-order valence-corrected chi connectivity index (χ0v) is 18.8. The van der Waals surface area contributed by atoms with Crippen molar-refractivity contribution in [1.82, 2.24) is 20.6 Å². The third-order valence-electron chi connectivity index (χ3n) is 5.65. The number of nitrogens with zero attached hydrogens (tertiary/aromatic N) is 4. The minimum absolute atomic E-state index is 0.213. The normalized spacial score (nSPS) is 21.3. The number of anilines is 2. The Morgan fingerprint density at radius 3 is 1.72 bits per heavy atom. The topological polar surface area (TPSA) is 91.9 Å². The number of ether oxygens (including phenoxy) is 2. The van der Waals surface area contributed by atoms with Gasteiger partial charge in [-0.2, -0.15) is 0 Å². The molecule has 0 spiro atoms. The number of carbonyl (C=O) groups excluding carboxylic acids is 1. The Bertz CT molecular complexity index is 805. The van der Waals surface area contributed by atoms with Gasteiger partial charge in [-0.1, -0.05) is 12.1 Å². The second kappa shape index (κ2) is 10.6. The van der Waals surface area contributed by atoms with Crippen LogP contribution < -0.4 is 20.4 Å². The van der Waals surface area contributed by atoms with E-state index in [1.807, 2.05) is 36.7 Å². The van der Waals surface area contributed by atoms with E-state index in [4.69, 9.17) is 9.47 Å². The summed E-state index contributed by atoms with van der Waals surface area (Å²) in [4.78, 5) is 25.7. The van der Waals surface area contributed by atoms with Crippen LogP contribution in [0.25, 0.3) is 0 Å². The van der Waals surface area contributed by atoms with E-state index >= 15 is 0 Å². The molecule has 2 atom stereocenters. The van der Waals surface area contributed by atoms with E-state index in [-0.39, 0.29) is 18.2 Å². The minimum Gasteiger partial charge on any atom is -0.375 e. The molecule has 0 bridgehead atoms. The fourth-order valence-corrected chi connectivity index (χ4v) is 3.90. The zero-order valence-electron chi connectivity index (χ0n) is 18.8. The van der Waals surface area contributed by atoms with Crippen molar-refractivity contribution in [2.24, 2.45) is 0 Å². The molecule has 2 fully saturated rings. The predicted molar refractivity (Wildman–Crippen MR) is 123 cm³/mol. The average Bonchev–Trinajstić information content (AvgIpc) is 2.82. The molecular weight excluding hydrogens is 408 g/mol. The van der Waals surface area contributed by atoms with Crippen LogP contribution in [0.4, 0.5) is 16.4 Å². The molecule has 4 heterocycles. The number of pyridine rings is 2. The van der Waals surface area contributed by atoms with Crippen molar-refractivity contribution >= 4 is 17.7 Å². The standard InChI is InChI=1S/C23H32N6O3/c1-17-15-28(7-9-31-17)21-5-3-19(11-24-21)13-26-23(30)27-14-20-4-6-22(25-12-20)29-8-10-32-18(2)16-29/h3-6,11-12,17-18H,7-10,13-16H2,1-2H3,(H2,26,27,30). The van der Waals surface area contributed by atoms with Crippen LogP contribution in [0, 0.1) is 0 Å². The molecule has 4 rings (SSSR count). The zero-order chi connectivity index (χ0) is 22.3. The fraction of sp³-hybridized carbons (Fsp3) is 0.522. The molecule has 2 aromatic heterocycles. The van der Waals surface area contributed by atoms with Crippen LogP contribution >= 0.6 is 0 Å². The van der Waals surface area contributed by atoms with Gasteiger partial charge in [-0.25, -0.2) is 14.8 Å². The number of urea groups is 1. The molecule has 0 aromatic carbocycles. The van der Waals surface area contributed by atoms with Gasteiger partial charge in [0.2, 0.25) is 0 Å². The van der Waals surface area contributed by atoms with E-state index in [0.29, 0.717) is 13.1 Å². The highest BCUT2D eigenvalue weighted by Crippen LogP contribution is 2.16. The van der Waals surface area contributed by atoms with Gasteiger partial charge in [0.25, 0.3) is 0 Å². The first-order valence-corrected chi connectivity index (χ1v) is 11.2. The molecule has 32 heavy (non-hydrogen) atoms. The minimum atomic E-state index is -0.220. The lowest BCUT2D eigenvalue weighted by atomic mass is 10.2. The van der Waals surface area contributed by atoms with Gasteiger partial charge in [0, 0.05) is 51.7 Å². The first kappa shape index (κ1) is 22.3. The maximum Gasteiger partial charge on any atom is 0.315 e. The summed E-state index contributed by atoms with van der Waals surface area (Å²) >= 11 is 0. The Balaban J connectivity index is 1.20. The van der Waals surface area contributed by atoms with Crippen LogP contribution in [0.5, 0.6) is 0 Å². The van der Waals surface area contributed by atoms with Gasteiger partial charge >= 0.3 is 6.03 Å². The summed E-state index contributed by atoms with van der Waals surface area (Å²) in [5.74, 6) is 1.88. The van der Waals surface area contributed by atoms with E-state index < -0.39 is 0 Å². The maximum absolute atomic E-state index is 12.2. The van der Waals surface area contributed by atoms with Crippen molar-refractivity contribution in [1.29, 1.82) is 0 Å². The highest BCUT2D eigenvalue weighted by molar-refractivity contribution is 5.73. The predicted octanol–water partition coefficient (Wildman–Crippen LogP) is 1.93. The molecule has 0 aliphatic carbocycles. The van der Waals surface area contributed by atoms with Gasteiger partial charge in [0.05, 0.1) is 25.4 Å². The molecule has 172 valence electrons. The Morgan fingerprint density at radius 1 is 0.875 bits per heavy atom. The monoisotopic (exact) mass is 440 g/mol. The lowest BCUT2D eigenvalue weighted by Crippen LogP contribution is -2.41. The average molecular weight is 441 g/mol. The molecule has 2 N–H and O–H groups in total. The Labute approximate surface area is 189 Å². The molecule has 0 saturated carbocycles. The number of nitrogens with one attached hydrogen (secondary N) is 2. The van der Waals surface area contributed by atoms with Crippen molar-refractivity contribution in [3.8, 4) is 0 Å². The van der Waals surface area contributed by atoms with Crippen molar-refractivity contribution in [3.63, 3.8) is 0 Å². The lowest BCUT2D eigenvalue weighted by Gasteiger charge is -2.32. The summed E-state index contributed by atoms with van der Waals surface area (Å²) in [7, 11) is 0. The number of morpholine rings is 2. The van der Waals surface area contributed by atoms with Crippen molar-refractivity contribution < 1.29 is 14.3 Å². The first-order chi connectivity index (χ1) is 15.6. The SMILES string of the molecule is CC1CN(c2ccc(CNC(=O)NCc3ccc(N4CCOC(C)C4)nc3)cn2)CCO1. The third-order valence-corrected chi connectivity index (χ3v) is 5.65. The van der Waals surface area contributed by atoms with Gasteiger partial charge in [-0.05, 0) is 37.1 Å². The van der Waals surface area contributed by atoms with E-state index in [2.05, 4.69) is 44.2 Å². The molecule has 2 amide bonds. The van der Waals surface area contributed by atoms with Gasteiger partial charge < -0.3 is 29.9 Å². The van der Waals surface area contributed by atoms with E-state index in [1.165, 1.54) is 0 Å². The van der Waals surface area contributed by atoms with Crippen LogP contribution in [-0.2, 0) is 22.6 Å². The quantitative estimate of drug-likeness (QED) is 0.709. The lowest BCUT2D eigenvalue weighted by molar-refractivity contribution is 0.0528. The van der Waals surface area contributed by atoms with Crippen LogP contribution in [0.2, 0.25) is 0 Å². The molecule has 2 aliphatic heterocycles. The van der Waals surface area contributed by atoms with Crippen LogP contribution in [0.15, 0.2) is 36.7 Å². The Morgan fingerprint density at radius 2 is 1.34 bits per heavy atom. The van der Waals surface area contributed by atoms with Crippen molar-refractivity contribution in [2.45, 2.75) is 39.1 Å². The van der Waals surface area contributed by atoms with Gasteiger partial charge in [0.15, 0.2) is 0 Å².